The van der Waals surface area contributed by atoms with Crippen molar-refractivity contribution >= 4 is 5.91 Å². The first-order valence-corrected chi connectivity index (χ1v) is 8.13. The van der Waals surface area contributed by atoms with Gasteiger partial charge < -0.3 is 15.2 Å². The molecule has 1 amide bonds. The number of amides is 1. The summed E-state index contributed by atoms with van der Waals surface area (Å²) < 4.78 is 31.9. The maximum Gasteiger partial charge on any atom is 0.224 e. The molecule has 0 fully saturated rings. The summed E-state index contributed by atoms with van der Waals surface area (Å²) in [5.41, 5.74) is 1.08. The Morgan fingerprint density at radius 3 is 2.59 bits per heavy atom. The van der Waals surface area contributed by atoms with Gasteiger partial charge in [-0.3, -0.25) is 4.79 Å². The molecule has 0 bridgehead atoms. The third kappa shape index (κ3) is 4.78. The predicted molar refractivity (Wildman–Crippen MR) is 94.3 cm³/mol. The van der Waals surface area contributed by atoms with Crippen LogP contribution in [0, 0.1) is 11.6 Å². The van der Waals surface area contributed by atoms with E-state index in [4.69, 9.17) is 4.74 Å². The predicted octanol–water partition coefficient (Wildman–Crippen LogP) is 3.72. The highest BCUT2D eigenvalue weighted by Crippen LogP contribution is 2.24. The number of hydrogen-bond acceptors (Lipinski definition) is 4. The van der Waals surface area contributed by atoms with Crippen molar-refractivity contribution in [3.63, 3.8) is 0 Å². The second-order valence-electron chi connectivity index (χ2n) is 5.73. The Balaban J connectivity index is 1.66. The van der Waals surface area contributed by atoms with Crippen molar-refractivity contribution < 1.29 is 23.4 Å². The molecule has 1 aromatic heterocycles. The Kier molecular flexibility index (Phi) is 5.61. The molecule has 0 saturated heterocycles. The van der Waals surface area contributed by atoms with Crippen molar-refractivity contribution in [3.05, 3.63) is 83.6 Å². The average molecular weight is 370 g/mol. The summed E-state index contributed by atoms with van der Waals surface area (Å²) in [6.07, 6.45) is 1.51. The van der Waals surface area contributed by atoms with E-state index in [9.17, 15) is 18.7 Å². The van der Waals surface area contributed by atoms with Crippen LogP contribution in [0.3, 0.4) is 0 Å². The first-order valence-electron chi connectivity index (χ1n) is 8.13. The van der Waals surface area contributed by atoms with Crippen LogP contribution in [0.1, 0.15) is 11.1 Å². The summed E-state index contributed by atoms with van der Waals surface area (Å²) in [6.45, 7) is 0.124. The number of aromatic nitrogens is 1. The van der Waals surface area contributed by atoms with E-state index < -0.39 is 11.6 Å². The molecule has 1 heterocycles. The van der Waals surface area contributed by atoms with Gasteiger partial charge >= 0.3 is 0 Å². The normalized spacial score (nSPS) is 10.4. The van der Waals surface area contributed by atoms with Crippen molar-refractivity contribution in [2.75, 3.05) is 0 Å². The first-order chi connectivity index (χ1) is 13.0. The number of aromatic hydroxyl groups is 1. The average Bonchev–Trinajstić information content (AvgIpc) is 2.66. The number of ether oxygens (including phenoxy) is 1. The monoisotopic (exact) mass is 370 g/mol. The Morgan fingerprint density at radius 2 is 1.81 bits per heavy atom. The maximum atomic E-state index is 13.3. The molecule has 3 aromatic rings. The van der Waals surface area contributed by atoms with E-state index in [0.29, 0.717) is 11.1 Å². The minimum absolute atomic E-state index is 0.0201. The fraction of sp³-hybridized carbons (Fsp3) is 0.100. The Hall–Kier alpha value is -3.48. The number of rotatable bonds is 6. The Labute approximate surface area is 154 Å². The van der Waals surface area contributed by atoms with Crippen LogP contribution in [0.25, 0.3) is 0 Å². The fourth-order valence-electron chi connectivity index (χ4n) is 2.39. The molecule has 0 spiro atoms. The molecule has 0 radical (unpaired) electrons. The second-order valence-corrected chi connectivity index (χ2v) is 5.73. The number of halogens is 2. The minimum atomic E-state index is -1.03. The van der Waals surface area contributed by atoms with Crippen molar-refractivity contribution in [2.45, 2.75) is 13.0 Å². The molecule has 27 heavy (non-hydrogen) atoms. The standard InChI is InChI=1S/C20H16F2N2O3/c21-16-8-7-15(11-17(16)22)27-20-14(5-3-9-23-20)12-24-19(26)10-13-4-1-2-6-18(13)25/h1-9,11,25H,10,12H2,(H,24,26). The lowest BCUT2D eigenvalue weighted by atomic mass is 10.1. The number of benzene rings is 2. The third-order valence-electron chi connectivity index (χ3n) is 3.77. The van der Waals surface area contributed by atoms with Crippen molar-refractivity contribution in [1.29, 1.82) is 0 Å². The van der Waals surface area contributed by atoms with E-state index in [1.807, 2.05) is 0 Å². The van der Waals surface area contributed by atoms with Gasteiger partial charge in [-0.25, -0.2) is 13.8 Å². The molecular weight excluding hydrogens is 354 g/mol. The molecule has 7 heteroatoms. The highest BCUT2D eigenvalue weighted by molar-refractivity contribution is 5.79. The molecule has 0 aliphatic heterocycles. The van der Waals surface area contributed by atoms with Crippen LogP contribution in [-0.2, 0) is 17.8 Å². The largest absolute Gasteiger partial charge is 0.508 e. The number of hydrogen-bond donors (Lipinski definition) is 2. The molecule has 2 aromatic carbocycles. The van der Waals surface area contributed by atoms with Gasteiger partial charge in [0, 0.05) is 29.9 Å². The fourth-order valence-corrected chi connectivity index (χ4v) is 2.39. The van der Waals surface area contributed by atoms with Gasteiger partial charge in [0.05, 0.1) is 6.42 Å². The highest BCUT2D eigenvalue weighted by atomic mass is 19.2. The molecule has 0 saturated carbocycles. The Morgan fingerprint density at radius 1 is 1.04 bits per heavy atom. The lowest BCUT2D eigenvalue weighted by Gasteiger charge is -2.11. The smallest absolute Gasteiger partial charge is 0.224 e. The van der Waals surface area contributed by atoms with E-state index in [-0.39, 0.29) is 36.3 Å². The van der Waals surface area contributed by atoms with Crippen LogP contribution in [0.5, 0.6) is 17.4 Å². The van der Waals surface area contributed by atoms with Crippen LogP contribution in [-0.4, -0.2) is 16.0 Å². The number of nitrogens with one attached hydrogen (secondary N) is 1. The maximum absolute atomic E-state index is 13.3. The van der Waals surface area contributed by atoms with Gasteiger partial charge in [-0.15, -0.1) is 0 Å². The molecule has 0 atom stereocenters. The van der Waals surface area contributed by atoms with Gasteiger partial charge in [0.1, 0.15) is 11.5 Å². The summed E-state index contributed by atoms with van der Waals surface area (Å²) in [6, 6.07) is 13.1. The number of phenolic OH excluding ortho intramolecular Hbond substituents is 1. The van der Waals surface area contributed by atoms with E-state index in [0.717, 1.165) is 12.1 Å². The molecule has 138 valence electrons. The minimum Gasteiger partial charge on any atom is -0.508 e. The van der Waals surface area contributed by atoms with Crippen LogP contribution in [0.2, 0.25) is 0 Å². The summed E-state index contributed by atoms with van der Waals surface area (Å²) >= 11 is 0. The van der Waals surface area contributed by atoms with E-state index in [2.05, 4.69) is 10.3 Å². The SMILES string of the molecule is O=C(Cc1ccccc1O)NCc1cccnc1Oc1ccc(F)c(F)c1. The lowest BCUT2D eigenvalue weighted by Crippen LogP contribution is -2.24. The Bertz CT molecular complexity index is 963. The van der Waals surface area contributed by atoms with Crippen LogP contribution >= 0.6 is 0 Å². The number of pyridine rings is 1. The van der Waals surface area contributed by atoms with E-state index in [1.54, 1.807) is 30.3 Å². The van der Waals surface area contributed by atoms with Gasteiger partial charge in [0.25, 0.3) is 0 Å². The van der Waals surface area contributed by atoms with Gasteiger partial charge in [0.2, 0.25) is 11.8 Å². The van der Waals surface area contributed by atoms with E-state index >= 15 is 0 Å². The second kappa shape index (κ2) is 8.27. The molecule has 5 nitrogen and oxygen atoms in total. The first kappa shape index (κ1) is 18.3. The zero-order valence-corrected chi connectivity index (χ0v) is 14.2. The summed E-state index contributed by atoms with van der Waals surface area (Å²) in [4.78, 5) is 16.2. The van der Waals surface area contributed by atoms with E-state index in [1.165, 1.54) is 18.3 Å². The summed E-state index contributed by atoms with van der Waals surface area (Å²) in [5.74, 6) is -1.97. The molecule has 0 unspecified atom stereocenters. The van der Waals surface area contributed by atoms with Crippen LogP contribution in [0.4, 0.5) is 8.78 Å². The third-order valence-corrected chi connectivity index (χ3v) is 3.77. The topological polar surface area (TPSA) is 71.5 Å². The van der Waals surface area contributed by atoms with Gasteiger partial charge in [-0.2, -0.15) is 0 Å². The number of carbonyl (C=O) groups is 1. The van der Waals surface area contributed by atoms with Gasteiger partial charge in [-0.1, -0.05) is 24.3 Å². The summed E-state index contributed by atoms with van der Waals surface area (Å²) in [7, 11) is 0. The van der Waals surface area contributed by atoms with Gasteiger partial charge in [0.15, 0.2) is 11.6 Å². The zero-order valence-electron chi connectivity index (χ0n) is 14.2. The lowest BCUT2D eigenvalue weighted by molar-refractivity contribution is -0.120. The molecular formula is C20H16F2N2O3. The number of carbonyl (C=O) groups excluding carboxylic acids is 1. The number of para-hydroxylation sites is 1. The highest BCUT2D eigenvalue weighted by Gasteiger charge is 2.11. The molecule has 2 N–H and O–H groups in total. The number of nitrogens with zero attached hydrogens (tertiary/aromatic N) is 1. The van der Waals surface area contributed by atoms with Crippen molar-refractivity contribution in [3.8, 4) is 17.4 Å². The molecule has 0 aliphatic rings. The van der Waals surface area contributed by atoms with Crippen LogP contribution < -0.4 is 10.1 Å². The quantitative estimate of drug-likeness (QED) is 0.694. The van der Waals surface area contributed by atoms with Crippen molar-refractivity contribution in [1.82, 2.24) is 10.3 Å². The zero-order chi connectivity index (χ0) is 19.2. The molecule has 3 rings (SSSR count). The summed E-state index contributed by atoms with van der Waals surface area (Å²) in [5, 5.41) is 12.4. The number of phenols is 1. The van der Waals surface area contributed by atoms with Crippen molar-refractivity contribution in [2.24, 2.45) is 0 Å². The molecule has 0 aliphatic carbocycles. The van der Waals surface area contributed by atoms with Gasteiger partial charge in [-0.05, 0) is 24.3 Å². The van der Waals surface area contributed by atoms with Crippen LogP contribution in [0.15, 0.2) is 60.8 Å².